The zero-order valence-electron chi connectivity index (χ0n) is 20.7. The predicted molar refractivity (Wildman–Crippen MR) is 149 cm³/mol. The summed E-state index contributed by atoms with van der Waals surface area (Å²) >= 11 is 7.27. The standard InChI is InChI=1S/C28H22ClN3O6S/c1-2-3-12-38-20-9-5-7-17(14-20)25(33)23-24(16-6-4-8-19(13-16)32(36)37)31(27(35)26(23)34)28-30-21-11-10-18(29)15-22(21)39-28/h4-11,13-15,24,33H,2-3,12H2,1H3/b25-23+. The molecule has 5 rings (SSSR count). The Morgan fingerprint density at radius 2 is 1.95 bits per heavy atom. The quantitative estimate of drug-likeness (QED) is 0.0634. The van der Waals surface area contributed by atoms with Gasteiger partial charge in [-0.1, -0.05) is 60.5 Å². The van der Waals surface area contributed by atoms with E-state index in [1.807, 2.05) is 6.92 Å². The van der Waals surface area contributed by atoms with Gasteiger partial charge in [-0.05, 0) is 42.3 Å². The molecule has 0 bridgehead atoms. The fourth-order valence-electron chi connectivity index (χ4n) is 4.37. The van der Waals surface area contributed by atoms with Crippen molar-refractivity contribution in [3.05, 3.63) is 98.6 Å². The van der Waals surface area contributed by atoms with Crippen molar-refractivity contribution in [2.75, 3.05) is 11.5 Å². The summed E-state index contributed by atoms with van der Waals surface area (Å²) in [5.74, 6) is -1.76. The van der Waals surface area contributed by atoms with Crippen molar-refractivity contribution in [1.29, 1.82) is 0 Å². The zero-order chi connectivity index (χ0) is 27.7. The molecule has 1 N–H and O–H groups in total. The molecule has 39 heavy (non-hydrogen) atoms. The molecule has 11 heteroatoms. The Morgan fingerprint density at radius 1 is 1.15 bits per heavy atom. The summed E-state index contributed by atoms with van der Waals surface area (Å²) < 4.78 is 6.43. The Hall–Kier alpha value is -4.28. The number of aliphatic hydroxyl groups is 1. The first kappa shape index (κ1) is 26.3. The second kappa shape index (κ2) is 10.8. The lowest BCUT2D eigenvalue weighted by Gasteiger charge is -2.22. The van der Waals surface area contributed by atoms with Crippen molar-refractivity contribution in [2.24, 2.45) is 0 Å². The first-order valence-electron chi connectivity index (χ1n) is 12.1. The van der Waals surface area contributed by atoms with Gasteiger partial charge in [-0.25, -0.2) is 4.98 Å². The number of aromatic nitrogens is 1. The molecule has 1 amide bonds. The Labute approximate surface area is 232 Å². The molecular weight excluding hydrogens is 542 g/mol. The first-order valence-corrected chi connectivity index (χ1v) is 13.3. The summed E-state index contributed by atoms with van der Waals surface area (Å²) in [5, 5.41) is 23.6. The predicted octanol–water partition coefficient (Wildman–Crippen LogP) is 6.66. The number of thiazole rings is 1. The largest absolute Gasteiger partial charge is 0.507 e. The Bertz CT molecular complexity index is 1650. The van der Waals surface area contributed by atoms with E-state index in [2.05, 4.69) is 4.98 Å². The number of unbranched alkanes of at least 4 members (excludes halogenated alkanes) is 1. The number of nitro groups is 1. The van der Waals surface area contributed by atoms with Crippen LogP contribution in [-0.2, 0) is 9.59 Å². The lowest BCUT2D eigenvalue weighted by Crippen LogP contribution is -2.29. The number of anilines is 1. The maximum atomic E-state index is 13.5. The zero-order valence-corrected chi connectivity index (χ0v) is 22.2. The van der Waals surface area contributed by atoms with Crippen LogP contribution < -0.4 is 9.64 Å². The SMILES string of the molecule is CCCCOc1cccc(/C(O)=C2\C(=O)C(=O)N(c3nc4ccc(Cl)cc4s3)C2c2cccc([N+](=O)[O-])c2)c1. The molecular formula is C28H22ClN3O6S. The molecule has 3 aromatic carbocycles. The third-order valence-electron chi connectivity index (χ3n) is 6.26. The smallest absolute Gasteiger partial charge is 0.301 e. The van der Waals surface area contributed by atoms with Crippen molar-refractivity contribution in [1.82, 2.24) is 4.98 Å². The van der Waals surface area contributed by atoms with Gasteiger partial charge < -0.3 is 9.84 Å². The highest BCUT2D eigenvalue weighted by molar-refractivity contribution is 7.22. The molecule has 1 fully saturated rings. The highest BCUT2D eigenvalue weighted by atomic mass is 35.5. The van der Waals surface area contributed by atoms with E-state index < -0.39 is 28.4 Å². The van der Waals surface area contributed by atoms with Gasteiger partial charge in [-0.3, -0.25) is 24.6 Å². The number of non-ortho nitro benzene ring substituents is 1. The molecule has 1 aliphatic heterocycles. The second-order valence-electron chi connectivity index (χ2n) is 8.86. The number of ether oxygens (including phenoxy) is 1. The number of rotatable bonds is 8. The molecule has 1 atom stereocenters. The molecule has 1 aliphatic rings. The second-order valence-corrected chi connectivity index (χ2v) is 10.3. The third-order valence-corrected chi connectivity index (χ3v) is 7.51. The number of hydrogen-bond acceptors (Lipinski definition) is 8. The van der Waals surface area contributed by atoms with Gasteiger partial charge in [0.1, 0.15) is 11.5 Å². The van der Waals surface area contributed by atoms with E-state index in [0.717, 1.165) is 24.2 Å². The number of fused-ring (bicyclic) bond motifs is 1. The van der Waals surface area contributed by atoms with Crippen molar-refractivity contribution in [2.45, 2.75) is 25.8 Å². The fraction of sp³-hybridized carbons (Fsp3) is 0.179. The van der Waals surface area contributed by atoms with Crippen LogP contribution in [0, 0.1) is 10.1 Å². The maximum Gasteiger partial charge on any atom is 0.301 e. The van der Waals surface area contributed by atoms with Crippen LogP contribution in [0.1, 0.15) is 36.9 Å². The number of amides is 1. The van der Waals surface area contributed by atoms with Crippen molar-refractivity contribution in [3.63, 3.8) is 0 Å². The van der Waals surface area contributed by atoms with Gasteiger partial charge in [-0.15, -0.1) is 0 Å². The molecule has 1 unspecified atom stereocenters. The van der Waals surface area contributed by atoms with Crippen LogP contribution in [0.4, 0.5) is 10.8 Å². The third kappa shape index (κ3) is 5.08. The van der Waals surface area contributed by atoms with Gasteiger partial charge in [0, 0.05) is 22.7 Å². The van der Waals surface area contributed by atoms with E-state index in [4.69, 9.17) is 16.3 Å². The minimum atomic E-state index is -1.16. The highest BCUT2D eigenvalue weighted by Gasteiger charge is 2.48. The van der Waals surface area contributed by atoms with Gasteiger partial charge in [0.15, 0.2) is 5.13 Å². The number of nitro benzene ring substituents is 1. The van der Waals surface area contributed by atoms with Crippen LogP contribution in [0.5, 0.6) is 5.75 Å². The topological polar surface area (TPSA) is 123 Å². The van der Waals surface area contributed by atoms with Crippen LogP contribution in [0.15, 0.2) is 72.3 Å². The number of aliphatic hydroxyl groups excluding tert-OH is 1. The number of benzene rings is 3. The van der Waals surface area contributed by atoms with Crippen LogP contribution in [0.3, 0.4) is 0 Å². The monoisotopic (exact) mass is 563 g/mol. The summed E-state index contributed by atoms with van der Waals surface area (Å²) in [5.41, 5.74) is 0.686. The summed E-state index contributed by atoms with van der Waals surface area (Å²) in [6.45, 7) is 2.53. The average Bonchev–Trinajstić information content (AvgIpc) is 3.46. The fourth-order valence-corrected chi connectivity index (χ4v) is 5.63. The number of hydrogen-bond donors (Lipinski definition) is 1. The van der Waals surface area contributed by atoms with E-state index in [0.29, 0.717) is 27.6 Å². The van der Waals surface area contributed by atoms with Crippen LogP contribution >= 0.6 is 22.9 Å². The van der Waals surface area contributed by atoms with E-state index in [-0.39, 0.29) is 27.5 Å². The molecule has 2 heterocycles. The molecule has 9 nitrogen and oxygen atoms in total. The Morgan fingerprint density at radius 3 is 2.72 bits per heavy atom. The van der Waals surface area contributed by atoms with E-state index in [1.54, 1.807) is 48.5 Å². The minimum absolute atomic E-state index is 0.196. The Kier molecular flexibility index (Phi) is 7.32. The summed E-state index contributed by atoms with van der Waals surface area (Å²) in [7, 11) is 0. The van der Waals surface area contributed by atoms with Crippen LogP contribution in [0.25, 0.3) is 16.0 Å². The summed E-state index contributed by atoms with van der Waals surface area (Å²) in [4.78, 5) is 43.6. The average molecular weight is 564 g/mol. The number of carbonyl (C=O) groups excluding carboxylic acids is 2. The number of ketones is 1. The summed E-state index contributed by atoms with van der Waals surface area (Å²) in [6.07, 6.45) is 1.80. The Balaban J connectivity index is 1.68. The van der Waals surface area contributed by atoms with E-state index in [9.17, 15) is 24.8 Å². The van der Waals surface area contributed by atoms with Crippen molar-refractivity contribution < 1.29 is 24.4 Å². The van der Waals surface area contributed by atoms with Crippen molar-refractivity contribution in [3.8, 4) is 5.75 Å². The van der Waals surface area contributed by atoms with Gasteiger partial charge in [0.25, 0.3) is 11.5 Å². The molecule has 0 radical (unpaired) electrons. The molecule has 1 aromatic heterocycles. The highest BCUT2D eigenvalue weighted by Crippen LogP contribution is 2.45. The van der Waals surface area contributed by atoms with Crippen LogP contribution in [-0.4, -0.2) is 33.3 Å². The van der Waals surface area contributed by atoms with E-state index in [1.165, 1.54) is 23.1 Å². The van der Waals surface area contributed by atoms with Crippen LogP contribution in [0.2, 0.25) is 5.02 Å². The molecule has 198 valence electrons. The number of Topliss-reactive ketones (excluding diaryl/α,β-unsaturated/α-hetero) is 1. The van der Waals surface area contributed by atoms with Gasteiger partial charge >= 0.3 is 5.91 Å². The lowest BCUT2D eigenvalue weighted by molar-refractivity contribution is -0.384. The summed E-state index contributed by atoms with van der Waals surface area (Å²) in [6, 6.07) is 16.1. The number of halogens is 1. The molecule has 1 saturated heterocycles. The molecule has 4 aromatic rings. The lowest BCUT2D eigenvalue weighted by atomic mass is 9.95. The van der Waals surface area contributed by atoms with E-state index >= 15 is 0 Å². The normalized spacial score (nSPS) is 16.7. The molecule has 0 spiro atoms. The molecule has 0 saturated carbocycles. The number of carbonyl (C=O) groups is 2. The van der Waals surface area contributed by atoms with Crippen molar-refractivity contribution >= 4 is 61.4 Å². The van der Waals surface area contributed by atoms with Gasteiger partial charge in [0.2, 0.25) is 0 Å². The maximum absolute atomic E-state index is 13.5. The number of nitrogens with zero attached hydrogens (tertiary/aromatic N) is 3. The first-order chi connectivity index (χ1) is 18.8. The minimum Gasteiger partial charge on any atom is -0.507 e. The van der Waals surface area contributed by atoms with Gasteiger partial charge in [0.05, 0.1) is 33.4 Å². The molecule has 0 aliphatic carbocycles. The van der Waals surface area contributed by atoms with Gasteiger partial charge in [-0.2, -0.15) is 0 Å².